The fourth-order valence-electron chi connectivity index (χ4n) is 1.63. The molecule has 1 aromatic carbocycles. The summed E-state index contributed by atoms with van der Waals surface area (Å²) in [5, 5.41) is 14.8. The van der Waals surface area contributed by atoms with E-state index in [1.807, 2.05) is 45.9 Å². The lowest BCUT2D eigenvalue weighted by Crippen LogP contribution is -2.43. The van der Waals surface area contributed by atoms with Crippen LogP contribution in [-0.4, -0.2) is 29.6 Å². The number of aliphatic hydroxyl groups is 1. The van der Waals surface area contributed by atoms with Crippen LogP contribution in [0.15, 0.2) is 24.3 Å². The highest BCUT2D eigenvalue weighted by atomic mass is 16.3. The van der Waals surface area contributed by atoms with Crippen LogP contribution in [0.5, 0.6) is 0 Å². The van der Waals surface area contributed by atoms with E-state index in [9.17, 15) is 14.7 Å². The molecule has 3 N–H and O–H groups in total. The molecule has 0 heterocycles. The van der Waals surface area contributed by atoms with Crippen molar-refractivity contribution in [3.05, 3.63) is 29.8 Å². The fraction of sp³-hybridized carbons (Fsp3) is 0.500. The van der Waals surface area contributed by atoms with Gasteiger partial charge >= 0.3 is 11.8 Å². The minimum Gasteiger partial charge on any atom is -0.391 e. The summed E-state index contributed by atoms with van der Waals surface area (Å²) in [6, 6.07) is 7.34. The highest BCUT2D eigenvalue weighted by Gasteiger charge is 2.23. The van der Waals surface area contributed by atoms with Crippen LogP contribution >= 0.6 is 0 Å². The van der Waals surface area contributed by atoms with Crippen LogP contribution in [0, 0.1) is 5.41 Å². The maximum Gasteiger partial charge on any atom is 0.313 e. The van der Waals surface area contributed by atoms with Crippen molar-refractivity contribution >= 4 is 17.5 Å². The first-order chi connectivity index (χ1) is 9.74. The van der Waals surface area contributed by atoms with Crippen LogP contribution in [-0.2, 0) is 16.0 Å². The number of carbonyl (C=O) groups excluding carboxylic acids is 2. The number of hydrogen-bond donors (Lipinski definition) is 3. The largest absolute Gasteiger partial charge is 0.391 e. The van der Waals surface area contributed by atoms with Crippen LogP contribution in [0.2, 0.25) is 0 Å². The number of amides is 2. The van der Waals surface area contributed by atoms with Crippen molar-refractivity contribution in [1.82, 2.24) is 5.32 Å². The molecule has 0 aromatic heterocycles. The second kappa shape index (κ2) is 7.22. The average molecular weight is 292 g/mol. The summed E-state index contributed by atoms with van der Waals surface area (Å²) < 4.78 is 0. The molecule has 5 heteroatoms. The van der Waals surface area contributed by atoms with E-state index in [1.165, 1.54) is 0 Å². The van der Waals surface area contributed by atoms with Crippen molar-refractivity contribution in [1.29, 1.82) is 0 Å². The molecule has 1 atom stereocenters. The summed E-state index contributed by atoms with van der Waals surface area (Å²) in [6.07, 6.45) is 0.144. The van der Waals surface area contributed by atoms with Crippen LogP contribution in [0.3, 0.4) is 0 Å². The minimum absolute atomic E-state index is 0.0464. The van der Waals surface area contributed by atoms with Gasteiger partial charge in [-0.1, -0.05) is 39.8 Å². The maximum absolute atomic E-state index is 11.8. The fourth-order valence-corrected chi connectivity index (χ4v) is 1.63. The first-order valence-corrected chi connectivity index (χ1v) is 7.10. The third-order valence-electron chi connectivity index (χ3n) is 3.25. The van der Waals surface area contributed by atoms with E-state index in [4.69, 9.17) is 0 Å². The Morgan fingerprint density at radius 2 is 1.90 bits per heavy atom. The smallest absolute Gasteiger partial charge is 0.313 e. The summed E-state index contributed by atoms with van der Waals surface area (Å²) in [7, 11) is 0. The monoisotopic (exact) mass is 292 g/mol. The molecule has 0 fully saturated rings. The SMILES string of the molecule is CCc1cccc(NC(=O)C(=O)NC[C@H](O)C(C)(C)C)c1. The van der Waals surface area contributed by atoms with Crippen molar-refractivity contribution in [3.63, 3.8) is 0 Å². The van der Waals surface area contributed by atoms with Crippen LogP contribution in [0.25, 0.3) is 0 Å². The van der Waals surface area contributed by atoms with Gasteiger partial charge in [-0.25, -0.2) is 0 Å². The predicted molar refractivity (Wildman–Crippen MR) is 82.9 cm³/mol. The van der Waals surface area contributed by atoms with Crippen molar-refractivity contribution in [2.24, 2.45) is 5.41 Å². The molecule has 21 heavy (non-hydrogen) atoms. The lowest BCUT2D eigenvalue weighted by atomic mass is 9.89. The molecule has 0 saturated heterocycles. The molecule has 0 aliphatic rings. The zero-order chi connectivity index (χ0) is 16.0. The molecule has 1 rings (SSSR count). The summed E-state index contributed by atoms with van der Waals surface area (Å²) >= 11 is 0. The molecule has 0 unspecified atom stereocenters. The lowest BCUT2D eigenvalue weighted by Gasteiger charge is -2.25. The summed E-state index contributed by atoms with van der Waals surface area (Å²) in [6.45, 7) is 7.65. The van der Waals surface area contributed by atoms with E-state index in [-0.39, 0.29) is 12.0 Å². The second-order valence-corrected chi connectivity index (χ2v) is 6.10. The molecule has 0 aliphatic carbocycles. The number of rotatable bonds is 4. The minimum atomic E-state index is -0.750. The molecule has 5 nitrogen and oxygen atoms in total. The second-order valence-electron chi connectivity index (χ2n) is 6.10. The Morgan fingerprint density at radius 1 is 1.24 bits per heavy atom. The molecule has 116 valence electrons. The van der Waals surface area contributed by atoms with Gasteiger partial charge in [0.25, 0.3) is 0 Å². The number of carbonyl (C=O) groups is 2. The van der Waals surface area contributed by atoms with Gasteiger partial charge in [-0.3, -0.25) is 9.59 Å². The Kier molecular flexibility index (Phi) is 5.90. The molecule has 0 radical (unpaired) electrons. The van der Waals surface area contributed by atoms with Crippen molar-refractivity contribution < 1.29 is 14.7 Å². The molecule has 0 saturated carbocycles. The van der Waals surface area contributed by atoms with Gasteiger partial charge in [-0.15, -0.1) is 0 Å². The highest BCUT2D eigenvalue weighted by Crippen LogP contribution is 2.18. The lowest BCUT2D eigenvalue weighted by molar-refractivity contribution is -0.136. The van der Waals surface area contributed by atoms with Gasteiger partial charge in [-0.2, -0.15) is 0 Å². The maximum atomic E-state index is 11.8. The number of benzene rings is 1. The first-order valence-electron chi connectivity index (χ1n) is 7.10. The van der Waals surface area contributed by atoms with Gasteiger partial charge in [0.1, 0.15) is 0 Å². The van der Waals surface area contributed by atoms with Gasteiger partial charge in [-0.05, 0) is 29.5 Å². The van der Waals surface area contributed by atoms with Crippen molar-refractivity contribution in [2.45, 2.75) is 40.2 Å². The number of hydrogen-bond acceptors (Lipinski definition) is 3. The average Bonchev–Trinajstić information content (AvgIpc) is 2.43. The van der Waals surface area contributed by atoms with Gasteiger partial charge in [0.2, 0.25) is 0 Å². The number of aliphatic hydroxyl groups excluding tert-OH is 1. The Labute approximate surface area is 125 Å². The van der Waals surface area contributed by atoms with Gasteiger partial charge in [0.15, 0.2) is 0 Å². The Hall–Kier alpha value is -1.88. The Morgan fingerprint density at radius 3 is 2.48 bits per heavy atom. The van der Waals surface area contributed by atoms with E-state index >= 15 is 0 Å². The van der Waals surface area contributed by atoms with Crippen molar-refractivity contribution in [2.75, 3.05) is 11.9 Å². The quantitative estimate of drug-likeness (QED) is 0.739. The van der Waals surface area contributed by atoms with E-state index < -0.39 is 17.9 Å². The molecule has 2 amide bonds. The van der Waals surface area contributed by atoms with Crippen LogP contribution in [0.4, 0.5) is 5.69 Å². The standard InChI is InChI=1S/C16H24N2O3/c1-5-11-7-6-8-12(9-11)18-15(21)14(20)17-10-13(19)16(2,3)4/h6-9,13,19H,5,10H2,1-4H3,(H,17,20)(H,18,21)/t13-/m0/s1. The molecule has 1 aromatic rings. The number of aryl methyl sites for hydroxylation is 1. The molecule has 0 bridgehead atoms. The summed E-state index contributed by atoms with van der Waals surface area (Å²) in [4.78, 5) is 23.5. The van der Waals surface area contributed by atoms with Gasteiger partial charge in [0.05, 0.1) is 6.10 Å². The first kappa shape index (κ1) is 17.2. The number of anilines is 1. The Bertz CT molecular complexity index is 506. The normalized spacial score (nSPS) is 12.6. The van der Waals surface area contributed by atoms with Crippen molar-refractivity contribution in [3.8, 4) is 0 Å². The zero-order valence-electron chi connectivity index (χ0n) is 13.1. The molecule has 0 aliphatic heterocycles. The third kappa shape index (κ3) is 5.55. The van der Waals surface area contributed by atoms with E-state index in [0.717, 1.165) is 12.0 Å². The van der Waals surface area contributed by atoms with Crippen LogP contribution in [0.1, 0.15) is 33.3 Å². The Balaban J connectivity index is 2.53. The summed E-state index contributed by atoms with van der Waals surface area (Å²) in [5.74, 6) is -1.48. The van der Waals surface area contributed by atoms with Crippen LogP contribution < -0.4 is 10.6 Å². The zero-order valence-corrected chi connectivity index (χ0v) is 13.1. The van der Waals surface area contributed by atoms with E-state index in [0.29, 0.717) is 5.69 Å². The molecular weight excluding hydrogens is 268 g/mol. The number of nitrogens with one attached hydrogen (secondary N) is 2. The molecule has 0 spiro atoms. The van der Waals surface area contributed by atoms with Gasteiger partial charge in [0, 0.05) is 12.2 Å². The third-order valence-corrected chi connectivity index (χ3v) is 3.25. The molecular formula is C16H24N2O3. The predicted octanol–water partition coefficient (Wildman–Crippen LogP) is 1.71. The van der Waals surface area contributed by atoms with Gasteiger partial charge < -0.3 is 15.7 Å². The topological polar surface area (TPSA) is 78.4 Å². The highest BCUT2D eigenvalue weighted by molar-refractivity contribution is 6.39. The summed E-state index contributed by atoms with van der Waals surface area (Å²) in [5.41, 5.74) is 1.32. The van der Waals surface area contributed by atoms with E-state index in [2.05, 4.69) is 10.6 Å². The van der Waals surface area contributed by atoms with E-state index in [1.54, 1.807) is 6.07 Å².